The Morgan fingerprint density at radius 3 is 1.24 bits per heavy atom. The molecular weight excluding hydrogens is 460 g/mol. The van der Waals surface area contributed by atoms with E-state index in [-0.39, 0.29) is 11.9 Å². The number of esters is 2. The van der Waals surface area contributed by atoms with E-state index in [1.54, 1.807) is 0 Å². The van der Waals surface area contributed by atoms with E-state index in [4.69, 9.17) is 9.47 Å². The van der Waals surface area contributed by atoms with Gasteiger partial charge in [-0.15, -0.1) is 0 Å². The zero-order valence-corrected chi connectivity index (χ0v) is 25.8. The third-order valence-electron chi connectivity index (χ3n) is 7.53. The van der Waals surface area contributed by atoms with Crippen LogP contribution in [0.15, 0.2) is 0 Å². The van der Waals surface area contributed by atoms with Crippen molar-refractivity contribution in [2.24, 2.45) is 23.7 Å². The summed E-state index contributed by atoms with van der Waals surface area (Å²) in [6, 6.07) is 0. The highest BCUT2D eigenvalue weighted by Gasteiger charge is 2.15. The van der Waals surface area contributed by atoms with Crippen LogP contribution in [0.3, 0.4) is 0 Å². The van der Waals surface area contributed by atoms with E-state index in [9.17, 15) is 9.59 Å². The minimum atomic E-state index is -0.0186. The van der Waals surface area contributed by atoms with Crippen LogP contribution in [0.5, 0.6) is 0 Å². The second-order valence-electron chi connectivity index (χ2n) is 12.5. The molecule has 0 rings (SSSR count). The van der Waals surface area contributed by atoms with Crippen molar-refractivity contribution in [3.63, 3.8) is 0 Å². The van der Waals surface area contributed by atoms with Gasteiger partial charge < -0.3 is 9.47 Å². The van der Waals surface area contributed by atoms with Crippen molar-refractivity contribution < 1.29 is 19.1 Å². The van der Waals surface area contributed by atoms with Gasteiger partial charge in [0.1, 0.15) is 0 Å². The summed E-state index contributed by atoms with van der Waals surface area (Å²) < 4.78 is 10.6. The third-order valence-corrected chi connectivity index (χ3v) is 7.53. The molecular formula is C33H64O4. The molecule has 0 aliphatic heterocycles. The number of rotatable bonds is 26. The van der Waals surface area contributed by atoms with Crippen LogP contribution < -0.4 is 0 Å². The zero-order valence-electron chi connectivity index (χ0n) is 25.8. The molecule has 0 fully saturated rings. The molecule has 0 N–H and O–H groups in total. The molecule has 4 nitrogen and oxygen atoms in total. The summed E-state index contributed by atoms with van der Waals surface area (Å²) in [5.74, 6) is 2.42. The van der Waals surface area contributed by atoms with Crippen molar-refractivity contribution in [2.75, 3.05) is 13.2 Å². The molecule has 220 valence electrons. The first-order valence-electron chi connectivity index (χ1n) is 16.0. The quantitative estimate of drug-likeness (QED) is 0.0834. The molecule has 0 saturated heterocycles. The fourth-order valence-electron chi connectivity index (χ4n) is 4.70. The van der Waals surface area contributed by atoms with Gasteiger partial charge in [-0.2, -0.15) is 0 Å². The summed E-state index contributed by atoms with van der Waals surface area (Å²) in [6.07, 6.45) is 22.1. The molecule has 0 aromatic rings. The summed E-state index contributed by atoms with van der Waals surface area (Å²) in [7, 11) is 0. The Morgan fingerprint density at radius 2 is 0.838 bits per heavy atom. The lowest BCUT2D eigenvalue weighted by molar-refractivity contribution is -0.145. The van der Waals surface area contributed by atoms with Gasteiger partial charge in [0.15, 0.2) is 0 Å². The smallest absolute Gasteiger partial charge is 0.305 e. The summed E-state index contributed by atoms with van der Waals surface area (Å²) in [5.41, 5.74) is 0. The van der Waals surface area contributed by atoms with Crippen LogP contribution in [-0.4, -0.2) is 25.2 Å². The Labute approximate surface area is 231 Å². The SMILES string of the molecule is CC(C)CCOC(=O)CCCCCCCCCCCCCCCC(CCC(=O)OCCC(C)C)C(C)C. The number of hydrogen-bond donors (Lipinski definition) is 0. The summed E-state index contributed by atoms with van der Waals surface area (Å²) in [5, 5.41) is 0. The van der Waals surface area contributed by atoms with Gasteiger partial charge in [-0.3, -0.25) is 9.59 Å². The molecule has 1 unspecified atom stereocenters. The molecule has 0 aromatic heterocycles. The standard InChI is InChI=1S/C33H64O4/c1-28(2)24-26-36-32(34)21-19-17-15-13-11-9-7-8-10-12-14-16-18-20-31(30(5)6)22-23-33(35)37-27-25-29(3)4/h28-31H,7-27H2,1-6H3. The predicted octanol–water partition coefficient (Wildman–Crippen LogP) is 10.1. The molecule has 0 amide bonds. The van der Waals surface area contributed by atoms with E-state index >= 15 is 0 Å². The molecule has 1 atom stereocenters. The van der Waals surface area contributed by atoms with Crippen LogP contribution in [0.2, 0.25) is 0 Å². The monoisotopic (exact) mass is 524 g/mol. The third kappa shape index (κ3) is 26.3. The molecule has 0 aromatic carbocycles. The van der Waals surface area contributed by atoms with Crippen LogP contribution in [0, 0.1) is 23.7 Å². The lowest BCUT2D eigenvalue weighted by atomic mass is 9.86. The Bertz CT molecular complexity index is 526. The van der Waals surface area contributed by atoms with Crippen LogP contribution in [0.1, 0.15) is 164 Å². The van der Waals surface area contributed by atoms with E-state index < -0.39 is 0 Å². The van der Waals surface area contributed by atoms with E-state index in [1.807, 2.05) is 0 Å². The number of ether oxygens (including phenoxy) is 2. The first kappa shape index (κ1) is 35.9. The molecule has 0 radical (unpaired) electrons. The number of hydrogen-bond acceptors (Lipinski definition) is 4. The van der Waals surface area contributed by atoms with E-state index in [1.165, 1.54) is 77.0 Å². The van der Waals surface area contributed by atoms with Gasteiger partial charge in [-0.05, 0) is 49.4 Å². The Kier molecular flexibility index (Phi) is 24.5. The summed E-state index contributed by atoms with van der Waals surface area (Å²) >= 11 is 0. The molecule has 0 aliphatic carbocycles. The maximum Gasteiger partial charge on any atom is 0.305 e. The topological polar surface area (TPSA) is 52.6 Å². The molecule has 0 bridgehead atoms. The maximum absolute atomic E-state index is 12.0. The van der Waals surface area contributed by atoms with Gasteiger partial charge in [-0.1, -0.05) is 125 Å². The number of carbonyl (C=O) groups is 2. The Balaban J connectivity index is 3.49. The lowest BCUT2D eigenvalue weighted by Gasteiger charge is -2.20. The van der Waals surface area contributed by atoms with E-state index in [2.05, 4.69) is 41.5 Å². The van der Waals surface area contributed by atoms with Crippen LogP contribution in [0.4, 0.5) is 0 Å². The second-order valence-corrected chi connectivity index (χ2v) is 12.5. The highest BCUT2D eigenvalue weighted by Crippen LogP contribution is 2.24. The molecule has 0 aliphatic rings. The average molecular weight is 525 g/mol. The maximum atomic E-state index is 12.0. The first-order chi connectivity index (χ1) is 17.7. The first-order valence-corrected chi connectivity index (χ1v) is 16.0. The number of unbranched alkanes of at least 4 members (excludes halogenated alkanes) is 12. The predicted molar refractivity (Wildman–Crippen MR) is 158 cm³/mol. The van der Waals surface area contributed by atoms with Crippen molar-refractivity contribution in [3.05, 3.63) is 0 Å². The number of carbonyl (C=O) groups excluding carboxylic acids is 2. The van der Waals surface area contributed by atoms with E-state index in [0.717, 1.165) is 32.1 Å². The van der Waals surface area contributed by atoms with Crippen molar-refractivity contribution in [1.82, 2.24) is 0 Å². The van der Waals surface area contributed by atoms with Crippen molar-refractivity contribution in [2.45, 2.75) is 164 Å². The normalized spacial score (nSPS) is 12.5. The highest BCUT2D eigenvalue weighted by atomic mass is 16.5. The Hall–Kier alpha value is -1.06. The fourth-order valence-corrected chi connectivity index (χ4v) is 4.70. The highest BCUT2D eigenvalue weighted by molar-refractivity contribution is 5.69. The minimum absolute atomic E-state index is 0.0132. The van der Waals surface area contributed by atoms with Crippen molar-refractivity contribution >= 4 is 11.9 Å². The largest absolute Gasteiger partial charge is 0.466 e. The lowest BCUT2D eigenvalue weighted by Crippen LogP contribution is -2.13. The summed E-state index contributed by atoms with van der Waals surface area (Å²) in [6.45, 7) is 14.4. The molecule has 0 spiro atoms. The fraction of sp³-hybridized carbons (Fsp3) is 0.939. The molecule has 0 heterocycles. The van der Waals surface area contributed by atoms with Gasteiger partial charge in [0, 0.05) is 12.8 Å². The molecule has 4 heteroatoms. The van der Waals surface area contributed by atoms with Gasteiger partial charge in [-0.25, -0.2) is 0 Å². The van der Waals surface area contributed by atoms with Crippen LogP contribution in [-0.2, 0) is 19.1 Å². The van der Waals surface area contributed by atoms with Gasteiger partial charge in [0.25, 0.3) is 0 Å². The average Bonchev–Trinajstić information content (AvgIpc) is 2.82. The van der Waals surface area contributed by atoms with Crippen LogP contribution >= 0.6 is 0 Å². The second kappa shape index (κ2) is 25.2. The molecule has 37 heavy (non-hydrogen) atoms. The zero-order chi connectivity index (χ0) is 27.7. The van der Waals surface area contributed by atoms with Gasteiger partial charge >= 0.3 is 11.9 Å². The van der Waals surface area contributed by atoms with Gasteiger partial charge in [0.2, 0.25) is 0 Å². The molecule has 0 saturated carbocycles. The van der Waals surface area contributed by atoms with Crippen molar-refractivity contribution in [3.8, 4) is 0 Å². The summed E-state index contributed by atoms with van der Waals surface area (Å²) in [4.78, 5) is 23.6. The minimum Gasteiger partial charge on any atom is -0.466 e. The Morgan fingerprint density at radius 1 is 0.459 bits per heavy atom. The van der Waals surface area contributed by atoms with Crippen molar-refractivity contribution in [1.29, 1.82) is 0 Å². The van der Waals surface area contributed by atoms with Gasteiger partial charge in [0.05, 0.1) is 13.2 Å². The van der Waals surface area contributed by atoms with Crippen LogP contribution in [0.25, 0.3) is 0 Å². The van der Waals surface area contributed by atoms with E-state index in [0.29, 0.717) is 49.7 Å².